The Morgan fingerprint density at radius 3 is 3.00 bits per heavy atom. The molecule has 3 N–H and O–H groups in total. The van der Waals surface area contributed by atoms with Crippen LogP contribution in [0.4, 0.5) is 0 Å². The van der Waals surface area contributed by atoms with Crippen LogP contribution in [0.5, 0.6) is 0 Å². The Balaban J connectivity index is 1.68. The number of carbonyl (C=O) groups excluding carboxylic acids is 2. The Kier molecular flexibility index (Phi) is 4.08. The van der Waals surface area contributed by atoms with E-state index in [1.807, 2.05) is 0 Å². The lowest BCUT2D eigenvalue weighted by atomic mass is 10.1. The van der Waals surface area contributed by atoms with E-state index in [1.54, 1.807) is 0 Å². The molecule has 1 atom stereocenters. The average Bonchev–Trinajstić information content (AvgIpc) is 2.83. The Hall–Kier alpha value is -1.43. The van der Waals surface area contributed by atoms with Gasteiger partial charge < -0.3 is 10.6 Å². The topological polar surface area (TPSA) is 82.6 Å². The van der Waals surface area contributed by atoms with Crippen LogP contribution < -0.4 is 16.1 Å². The average molecular weight is 238 g/mol. The molecule has 94 valence electrons. The summed E-state index contributed by atoms with van der Waals surface area (Å²) in [6.07, 6.45) is 2.96. The van der Waals surface area contributed by atoms with Crippen LogP contribution in [0.1, 0.15) is 25.7 Å². The second kappa shape index (κ2) is 5.77. The Bertz CT molecular complexity index is 334. The number of carbonyl (C=O) groups is 2. The molecule has 0 aromatic carbocycles. The molecule has 6 nitrogen and oxygen atoms in total. The van der Waals surface area contributed by atoms with Gasteiger partial charge in [0.15, 0.2) is 0 Å². The van der Waals surface area contributed by atoms with Crippen LogP contribution in [0.15, 0.2) is 5.10 Å². The third-order valence-electron chi connectivity index (χ3n) is 3.17. The van der Waals surface area contributed by atoms with Crippen LogP contribution in [0, 0.1) is 5.92 Å². The first kappa shape index (κ1) is 12.0. The molecule has 2 amide bonds. The van der Waals surface area contributed by atoms with Gasteiger partial charge in [0.1, 0.15) is 5.71 Å². The molecule has 0 bridgehead atoms. The van der Waals surface area contributed by atoms with Gasteiger partial charge in [-0.15, -0.1) is 0 Å². The van der Waals surface area contributed by atoms with Gasteiger partial charge in [-0.1, -0.05) is 0 Å². The zero-order chi connectivity index (χ0) is 12.1. The minimum atomic E-state index is -0.157. The Morgan fingerprint density at radius 2 is 2.35 bits per heavy atom. The smallest absolute Gasteiger partial charge is 0.267 e. The second-order valence-electron chi connectivity index (χ2n) is 4.50. The molecule has 2 aliphatic rings. The summed E-state index contributed by atoms with van der Waals surface area (Å²) in [6, 6.07) is 0. The Labute approximate surface area is 100 Å². The minimum Gasteiger partial charge on any atom is -0.351 e. The van der Waals surface area contributed by atoms with E-state index in [1.165, 1.54) is 6.42 Å². The van der Waals surface area contributed by atoms with Gasteiger partial charge in [0, 0.05) is 19.4 Å². The van der Waals surface area contributed by atoms with Crippen molar-refractivity contribution in [1.29, 1.82) is 0 Å². The fourth-order valence-electron chi connectivity index (χ4n) is 2.09. The summed E-state index contributed by atoms with van der Waals surface area (Å²) in [6.45, 7) is 2.81. The zero-order valence-corrected chi connectivity index (χ0v) is 9.79. The predicted molar refractivity (Wildman–Crippen MR) is 63.4 cm³/mol. The van der Waals surface area contributed by atoms with E-state index in [9.17, 15) is 9.59 Å². The lowest BCUT2D eigenvalue weighted by Crippen LogP contribution is -2.37. The third-order valence-corrected chi connectivity index (χ3v) is 3.17. The van der Waals surface area contributed by atoms with Crippen LogP contribution in [0.3, 0.4) is 0 Å². The summed E-state index contributed by atoms with van der Waals surface area (Å²) in [7, 11) is 0. The molecular formula is C11H18N4O2. The molecule has 2 heterocycles. The molecule has 1 fully saturated rings. The second-order valence-corrected chi connectivity index (χ2v) is 4.50. The molecule has 0 aliphatic carbocycles. The van der Waals surface area contributed by atoms with Crippen molar-refractivity contribution in [3.8, 4) is 0 Å². The van der Waals surface area contributed by atoms with Crippen LogP contribution in [0.25, 0.3) is 0 Å². The van der Waals surface area contributed by atoms with Crippen molar-refractivity contribution in [1.82, 2.24) is 16.1 Å². The van der Waals surface area contributed by atoms with Gasteiger partial charge in [-0.3, -0.25) is 9.59 Å². The molecule has 0 aromatic heterocycles. The normalized spacial score (nSPS) is 24.1. The highest BCUT2D eigenvalue weighted by Gasteiger charge is 2.19. The fraction of sp³-hybridized carbons (Fsp3) is 0.727. The highest BCUT2D eigenvalue weighted by atomic mass is 16.2. The summed E-state index contributed by atoms with van der Waals surface area (Å²) in [5.74, 6) is 0.387. The number of amides is 2. The van der Waals surface area contributed by atoms with Crippen LogP contribution in [-0.4, -0.2) is 37.2 Å². The van der Waals surface area contributed by atoms with Gasteiger partial charge in [0.2, 0.25) is 5.91 Å². The van der Waals surface area contributed by atoms with Gasteiger partial charge in [-0.05, 0) is 31.8 Å². The van der Waals surface area contributed by atoms with Crippen molar-refractivity contribution in [3.05, 3.63) is 0 Å². The molecular weight excluding hydrogens is 220 g/mol. The van der Waals surface area contributed by atoms with E-state index in [4.69, 9.17) is 0 Å². The molecule has 1 unspecified atom stereocenters. The first-order chi connectivity index (χ1) is 8.25. The fourth-order valence-corrected chi connectivity index (χ4v) is 2.09. The Morgan fingerprint density at radius 1 is 1.47 bits per heavy atom. The van der Waals surface area contributed by atoms with Gasteiger partial charge in [0.25, 0.3) is 5.91 Å². The van der Waals surface area contributed by atoms with Crippen LogP contribution in [-0.2, 0) is 9.59 Å². The number of hydrogen-bond donors (Lipinski definition) is 3. The first-order valence-electron chi connectivity index (χ1n) is 6.10. The van der Waals surface area contributed by atoms with Gasteiger partial charge >= 0.3 is 0 Å². The standard InChI is InChI=1S/C11H18N4O2/c16-10-2-1-9(14-15-10)11(17)13-6-4-8-3-5-12-7-8/h8,12H,1-7H2,(H,13,17)(H,15,16). The van der Waals surface area contributed by atoms with Crippen molar-refractivity contribution >= 4 is 17.5 Å². The highest BCUT2D eigenvalue weighted by Crippen LogP contribution is 2.10. The molecule has 2 rings (SSSR count). The zero-order valence-electron chi connectivity index (χ0n) is 9.79. The molecule has 1 saturated heterocycles. The summed E-state index contributed by atoms with van der Waals surface area (Å²) < 4.78 is 0. The predicted octanol–water partition coefficient (Wildman–Crippen LogP) is -0.632. The van der Waals surface area contributed by atoms with Crippen molar-refractivity contribution in [2.24, 2.45) is 11.0 Å². The van der Waals surface area contributed by atoms with E-state index >= 15 is 0 Å². The van der Waals surface area contributed by atoms with Crippen molar-refractivity contribution in [2.45, 2.75) is 25.7 Å². The molecule has 17 heavy (non-hydrogen) atoms. The lowest BCUT2D eigenvalue weighted by molar-refractivity contribution is -0.121. The molecule has 6 heteroatoms. The summed E-state index contributed by atoms with van der Waals surface area (Å²) in [5, 5.41) is 9.89. The monoisotopic (exact) mass is 238 g/mol. The van der Waals surface area contributed by atoms with Gasteiger partial charge in [-0.2, -0.15) is 5.10 Å². The first-order valence-corrected chi connectivity index (χ1v) is 6.10. The molecule has 2 aliphatic heterocycles. The molecule has 0 aromatic rings. The number of rotatable bonds is 4. The van der Waals surface area contributed by atoms with Crippen molar-refractivity contribution in [2.75, 3.05) is 19.6 Å². The molecule has 0 spiro atoms. The SMILES string of the molecule is O=C1CCC(C(=O)NCCC2CCNC2)=NN1. The number of nitrogens with one attached hydrogen (secondary N) is 3. The maximum Gasteiger partial charge on any atom is 0.267 e. The highest BCUT2D eigenvalue weighted by molar-refractivity contribution is 6.39. The summed E-state index contributed by atoms with van der Waals surface area (Å²) in [5.41, 5.74) is 2.75. The number of nitrogens with zero attached hydrogens (tertiary/aromatic N) is 1. The molecule has 0 saturated carbocycles. The van der Waals surface area contributed by atoms with Gasteiger partial charge in [0.05, 0.1) is 0 Å². The summed E-state index contributed by atoms with van der Waals surface area (Å²) in [4.78, 5) is 22.5. The van der Waals surface area contributed by atoms with E-state index in [0.29, 0.717) is 31.0 Å². The van der Waals surface area contributed by atoms with E-state index < -0.39 is 0 Å². The van der Waals surface area contributed by atoms with Crippen LogP contribution in [0.2, 0.25) is 0 Å². The summed E-state index contributed by atoms with van der Waals surface area (Å²) >= 11 is 0. The van der Waals surface area contributed by atoms with Crippen LogP contribution >= 0.6 is 0 Å². The number of hydrogen-bond acceptors (Lipinski definition) is 4. The van der Waals surface area contributed by atoms with E-state index in [2.05, 4.69) is 21.2 Å². The van der Waals surface area contributed by atoms with E-state index in [-0.39, 0.29) is 11.8 Å². The van der Waals surface area contributed by atoms with Crippen molar-refractivity contribution in [3.63, 3.8) is 0 Å². The maximum atomic E-state index is 11.7. The van der Waals surface area contributed by atoms with Crippen molar-refractivity contribution < 1.29 is 9.59 Å². The molecule has 0 radical (unpaired) electrons. The lowest BCUT2D eigenvalue weighted by Gasteiger charge is -2.13. The number of hydrazone groups is 1. The third kappa shape index (κ3) is 3.52. The maximum absolute atomic E-state index is 11.7. The van der Waals surface area contributed by atoms with E-state index in [0.717, 1.165) is 19.5 Å². The van der Waals surface area contributed by atoms with Gasteiger partial charge in [-0.25, -0.2) is 5.43 Å². The largest absolute Gasteiger partial charge is 0.351 e. The quantitative estimate of drug-likeness (QED) is 0.609. The minimum absolute atomic E-state index is 0.126.